The molecule has 0 aliphatic rings. The Hall–Kier alpha value is 0.420. The predicted molar refractivity (Wildman–Crippen MR) is 96.3 cm³/mol. The highest BCUT2D eigenvalue weighted by atomic mass is 79.9. The van der Waals surface area contributed by atoms with E-state index in [-0.39, 0.29) is 6.04 Å². The van der Waals surface area contributed by atoms with E-state index in [9.17, 15) is 0 Å². The van der Waals surface area contributed by atoms with Gasteiger partial charge in [0, 0.05) is 13.8 Å². The van der Waals surface area contributed by atoms with Crippen LogP contribution in [0.25, 0.3) is 0 Å². The van der Waals surface area contributed by atoms with Crippen molar-refractivity contribution in [2.45, 2.75) is 19.4 Å². The highest BCUT2D eigenvalue weighted by molar-refractivity contribution is 9.11. The van der Waals surface area contributed by atoms with Gasteiger partial charge < -0.3 is 5.32 Å². The highest BCUT2D eigenvalue weighted by Crippen LogP contribution is 2.38. The lowest BCUT2D eigenvalue weighted by atomic mass is 10.1. The van der Waals surface area contributed by atoms with Gasteiger partial charge >= 0.3 is 0 Å². The molecule has 0 saturated heterocycles. The van der Waals surface area contributed by atoms with Crippen molar-refractivity contribution < 1.29 is 0 Å². The van der Waals surface area contributed by atoms with E-state index in [0.29, 0.717) is 5.02 Å². The number of rotatable bonds is 5. The van der Waals surface area contributed by atoms with E-state index in [4.69, 9.17) is 23.2 Å². The number of halogens is 4. The molecule has 2 aromatic rings. The van der Waals surface area contributed by atoms with Crippen LogP contribution in [0.3, 0.4) is 0 Å². The summed E-state index contributed by atoms with van der Waals surface area (Å²) in [4.78, 5) is 1.18. The largest absolute Gasteiger partial charge is 0.306 e. The second-order valence-corrected chi connectivity index (χ2v) is 8.13. The third-order valence-corrected chi connectivity index (χ3v) is 6.58. The van der Waals surface area contributed by atoms with E-state index in [0.717, 1.165) is 26.2 Å². The standard InChI is InChI=1S/C14H13Br2Cl2NS/c1-2-5-19-13(12-7-10(16)14(18)20-12)8-3-4-11(17)9(15)6-8/h3-4,6-7,13,19H,2,5H2,1H3. The van der Waals surface area contributed by atoms with Crippen LogP contribution in [-0.2, 0) is 0 Å². The fourth-order valence-electron chi connectivity index (χ4n) is 1.87. The maximum absolute atomic E-state index is 6.16. The summed E-state index contributed by atoms with van der Waals surface area (Å²) in [5.74, 6) is 0. The van der Waals surface area contributed by atoms with Crippen LogP contribution in [0.5, 0.6) is 0 Å². The molecule has 1 N–H and O–H groups in total. The van der Waals surface area contributed by atoms with Gasteiger partial charge in [-0.05, 0) is 68.6 Å². The molecule has 2 rings (SSSR count). The van der Waals surface area contributed by atoms with Crippen LogP contribution >= 0.6 is 66.4 Å². The molecule has 0 bridgehead atoms. The first-order valence-electron chi connectivity index (χ1n) is 6.16. The van der Waals surface area contributed by atoms with Crippen LogP contribution in [0.2, 0.25) is 9.36 Å². The third-order valence-electron chi connectivity index (χ3n) is 2.82. The summed E-state index contributed by atoms with van der Waals surface area (Å²) >= 11 is 20.8. The van der Waals surface area contributed by atoms with Crippen molar-refractivity contribution in [3.8, 4) is 0 Å². The van der Waals surface area contributed by atoms with E-state index in [2.05, 4.69) is 56.2 Å². The second kappa shape index (κ2) is 7.61. The van der Waals surface area contributed by atoms with Gasteiger partial charge in [0.1, 0.15) is 4.34 Å². The van der Waals surface area contributed by atoms with E-state index < -0.39 is 0 Å². The Labute approximate surface area is 149 Å². The lowest BCUT2D eigenvalue weighted by molar-refractivity contribution is 0.605. The van der Waals surface area contributed by atoms with Gasteiger partial charge in [-0.3, -0.25) is 0 Å². The number of nitrogens with one attached hydrogen (secondary N) is 1. The summed E-state index contributed by atoms with van der Waals surface area (Å²) in [5, 5.41) is 4.27. The number of hydrogen-bond acceptors (Lipinski definition) is 2. The van der Waals surface area contributed by atoms with Crippen molar-refractivity contribution >= 4 is 66.4 Å². The number of benzene rings is 1. The van der Waals surface area contributed by atoms with E-state index in [1.165, 1.54) is 10.4 Å². The molecule has 108 valence electrons. The molecule has 20 heavy (non-hydrogen) atoms. The smallest absolute Gasteiger partial charge is 0.107 e. The number of hydrogen-bond donors (Lipinski definition) is 1. The molecule has 0 aliphatic carbocycles. The Balaban J connectivity index is 2.38. The van der Waals surface area contributed by atoms with Gasteiger partial charge in [0.15, 0.2) is 0 Å². The zero-order valence-corrected chi connectivity index (χ0v) is 16.2. The molecular weight excluding hydrogens is 445 g/mol. The lowest BCUT2D eigenvalue weighted by Gasteiger charge is -2.18. The van der Waals surface area contributed by atoms with Gasteiger partial charge in [0.2, 0.25) is 0 Å². The second-order valence-electron chi connectivity index (χ2n) is 4.33. The molecule has 0 fully saturated rings. The fourth-order valence-corrected chi connectivity index (χ4v) is 4.22. The van der Waals surface area contributed by atoms with Gasteiger partial charge in [-0.1, -0.05) is 36.2 Å². The summed E-state index contributed by atoms with van der Waals surface area (Å²) < 4.78 is 2.62. The van der Waals surface area contributed by atoms with E-state index in [1.807, 2.05) is 12.1 Å². The van der Waals surface area contributed by atoms with E-state index >= 15 is 0 Å². The molecule has 1 unspecified atom stereocenters. The molecule has 1 aromatic carbocycles. The molecule has 0 amide bonds. The van der Waals surface area contributed by atoms with Crippen molar-refractivity contribution in [2.75, 3.05) is 6.54 Å². The van der Waals surface area contributed by atoms with Crippen LogP contribution in [-0.4, -0.2) is 6.54 Å². The molecule has 1 aromatic heterocycles. The van der Waals surface area contributed by atoms with Crippen LogP contribution < -0.4 is 5.32 Å². The lowest BCUT2D eigenvalue weighted by Crippen LogP contribution is -2.22. The van der Waals surface area contributed by atoms with Crippen LogP contribution in [0.4, 0.5) is 0 Å². The van der Waals surface area contributed by atoms with Gasteiger partial charge in [-0.15, -0.1) is 11.3 Å². The molecule has 1 nitrogen and oxygen atoms in total. The van der Waals surface area contributed by atoms with Gasteiger partial charge in [0.25, 0.3) is 0 Å². The highest BCUT2D eigenvalue weighted by Gasteiger charge is 2.18. The Morgan fingerprint density at radius 3 is 2.50 bits per heavy atom. The van der Waals surface area contributed by atoms with Gasteiger partial charge in [0.05, 0.1) is 11.1 Å². The average Bonchev–Trinajstić information content (AvgIpc) is 2.74. The molecule has 0 radical (unpaired) electrons. The Morgan fingerprint density at radius 1 is 1.20 bits per heavy atom. The Kier molecular flexibility index (Phi) is 6.39. The summed E-state index contributed by atoms with van der Waals surface area (Å²) in [7, 11) is 0. The van der Waals surface area contributed by atoms with Gasteiger partial charge in [-0.2, -0.15) is 0 Å². The first-order valence-corrected chi connectivity index (χ1v) is 9.31. The minimum absolute atomic E-state index is 0.123. The fraction of sp³-hybridized carbons (Fsp3) is 0.286. The molecule has 1 atom stereocenters. The van der Waals surface area contributed by atoms with Crippen molar-refractivity contribution in [3.63, 3.8) is 0 Å². The normalized spacial score (nSPS) is 12.7. The van der Waals surface area contributed by atoms with Crippen LogP contribution in [0.15, 0.2) is 33.2 Å². The predicted octanol–water partition coefficient (Wildman–Crippen LogP) is 6.67. The van der Waals surface area contributed by atoms with E-state index in [1.54, 1.807) is 11.3 Å². The van der Waals surface area contributed by atoms with Crippen molar-refractivity contribution in [1.29, 1.82) is 0 Å². The zero-order chi connectivity index (χ0) is 14.7. The molecule has 0 aliphatic heterocycles. The van der Waals surface area contributed by atoms with Gasteiger partial charge in [-0.25, -0.2) is 0 Å². The Morgan fingerprint density at radius 2 is 1.95 bits per heavy atom. The molecule has 1 heterocycles. The SMILES string of the molecule is CCCNC(c1ccc(Cl)c(Br)c1)c1cc(Br)c(Cl)s1. The summed E-state index contributed by atoms with van der Waals surface area (Å²) in [6, 6.07) is 8.20. The minimum Gasteiger partial charge on any atom is -0.306 e. The quantitative estimate of drug-likeness (QED) is 0.528. The molecular formula is C14H13Br2Cl2NS. The van der Waals surface area contributed by atoms with Crippen LogP contribution in [0.1, 0.15) is 29.8 Å². The topological polar surface area (TPSA) is 12.0 Å². The van der Waals surface area contributed by atoms with Crippen molar-refractivity contribution in [3.05, 3.63) is 53.0 Å². The summed E-state index contributed by atoms with van der Waals surface area (Å²) in [6.45, 7) is 3.09. The molecule has 6 heteroatoms. The third kappa shape index (κ3) is 3.99. The average molecular weight is 458 g/mol. The monoisotopic (exact) mass is 455 g/mol. The first-order chi connectivity index (χ1) is 9.52. The van der Waals surface area contributed by atoms with Crippen LogP contribution in [0, 0.1) is 0 Å². The maximum Gasteiger partial charge on any atom is 0.107 e. The van der Waals surface area contributed by atoms with Crippen molar-refractivity contribution in [2.24, 2.45) is 0 Å². The molecule has 0 spiro atoms. The molecule has 0 saturated carbocycles. The maximum atomic E-state index is 6.16. The number of thiophene rings is 1. The summed E-state index contributed by atoms with van der Waals surface area (Å²) in [6.07, 6.45) is 1.07. The first kappa shape index (κ1) is 16.8. The Bertz CT molecular complexity index is 581. The minimum atomic E-state index is 0.123. The summed E-state index contributed by atoms with van der Waals surface area (Å²) in [5.41, 5.74) is 1.17. The zero-order valence-electron chi connectivity index (χ0n) is 10.7. The van der Waals surface area contributed by atoms with Crippen molar-refractivity contribution in [1.82, 2.24) is 5.32 Å².